The van der Waals surface area contributed by atoms with Crippen molar-refractivity contribution in [1.29, 1.82) is 0 Å². The van der Waals surface area contributed by atoms with Gasteiger partial charge in [0.15, 0.2) is 11.5 Å². The van der Waals surface area contributed by atoms with Crippen molar-refractivity contribution < 1.29 is 4.79 Å². The molecule has 0 radical (unpaired) electrons. The van der Waals surface area contributed by atoms with Gasteiger partial charge < -0.3 is 11.1 Å². The summed E-state index contributed by atoms with van der Waals surface area (Å²) in [4.78, 5) is 16.6. The fraction of sp³-hybridized carbons (Fsp3) is 0.294. The molecule has 1 aromatic carbocycles. The molecule has 0 saturated heterocycles. The van der Waals surface area contributed by atoms with E-state index in [2.05, 4.69) is 39.4 Å². The number of H-pyrrole nitrogens is 1. The summed E-state index contributed by atoms with van der Waals surface area (Å²) in [6, 6.07) is 9.11. The smallest absolute Gasteiger partial charge is 0.276 e. The predicted octanol–water partition coefficient (Wildman–Crippen LogP) is 2.46. The van der Waals surface area contributed by atoms with Crippen LogP contribution in [0.5, 0.6) is 0 Å². The molecule has 0 spiro atoms. The van der Waals surface area contributed by atoms with Gasteiger partial charge in [-0.15, -0.1) is 12.4 Å². The van der Waals surface area contributed by atoms with Crippen LogP contribution < -0.4 is 11.1 Å². The number of carbonyl (C=O) groups excluding carboxylic acids is 1. The van der Waals surface area contributed by atoms with E-state index in [1.165, 1.54) is 0 Å². The third-order valence-corrected chi connectivity index (χ3v) is 3.87. The Kier molecular flexibility index (Phi) is 6.12. The van der Waals surface area contributed by atoms with Gasteiger partial charge >= 0.3 is 0 Å². The lowest BCUT2D eigenvalue weighted by molar-refractivity contribution is 0.102. The topological polar surface area (TPSA) is 115 Å². The summed E-state index contributed by atoms with van der Waals surface area (Å²) in [6.07, 6.45) is 0. The zero-order valence-corrected chi connectivity index (χ0v) is 15.7. The monoisotopic (exact) mass is 375 g/mol. The average molecular weight is 376 g/mol. The highest BCUT2D eigenvalue weighted by molar-refractivity contribution is 6.03. The summed E-state index contributed by atoms with van der Waals surface area (Å²) in [5.41, 5.74) is 8.45. The summed E-state index contributed by atoms with van der Waals surface area (Å²) in [7, 11) is 1.84. The van der Waals surface area contributed by atoms with Crippen molar-refractivity contribution in [2.75, 3.05) is 5.32 Å². The van der Waals surface area contributed by atoms with Crippen LogP contribution in [-0.4, -0.2) is 30.9 Å². The third-order valence-electron chi connectivity index (χ3n) is 3.87. The minimum atomic E-state index is -0.237. The van der Waals surface area contributed by atoms with Crippen molar-refractivity contribution in [3.8, 4) is 11.4 Å². The minimum absolute atomic E-state index is 0. The highest BCUT2D eigenvalue weighted by Crippen LogP contribution is 2.19. The maximum absolute atomic E-state index is 12.4. The minimum Gasteiger partial charge on any atom is -0.324 e. The number of nitrogens with zero attached hydrogens (tertiary/aromatic N) is 4. The van der Waals surface area contributed by atoms with E-state index in [1.54, 1.807) is 16.8 Å². The summed E-state index contributed by atoms with van der Waals surface area (Å²) in [6.45, 7) is 4.44. The van der Waals surface area contributed by atoms with Crippen LogP contribution in [0, 0.1) is 0 Å². The molecule has 8 nitrogen and oxygen atoms in total. The lowest BCUT2D eigenvalue weighted by Gasteiger charge is -2.03. The van der Waals surface area contributed by atoms with E-state index in [1.807, 2.05) is 25.2 Å². The van der Waals surface area contributed by atoms with Crippen molar-refractivity contribution >= 4 is 24.0 Å². The number of amides is 1. The quantitative estimate of drug-likeness (QED) is 0.633. The maximum atomic E-state index is 12.4. The van der Waals surface area contributed by atoms with Crippen LogP contribution in [-0.2, 0) is 13.6 Å². The van der Waals surface area contributed by atoms with Crippen molar-refractivity contribution in [3.05, 3.63) is 47.5 Å². The van der Waals surface area contributed by atoms with Crippen LogP contribution in [0.1, 0.15) is 41.8 Å². The average Bonchev–Trinajstić information content (AvgIpc) is 3.22. The number of benzene rings is 1. The number of halogens is 1. The number of nitrogens with two attached hydrogens (primary N) is 1. The first-order valence-corrected chi connectivity index (χ1v) is 8.05. The molecule has 26 heavy (non-hydrogen) atoms. The van der Waals surface area contributed by atoms with Crippen LogP contribution in [0.3, 0.4) is 0 Å². The molecule has 2 aromatic heterocycles. The number of nitrogens with one attached hydrogen (secondary N) is 2. The largest absolute Gasteiger partial charge is 0.324 e. The van der Waals surface area contributed by atoms with Crippen molar-refractivity contribution in [1.82, 2.24) is 25.0 Å². The second-order valence-electron chi connectivity index (χ2n) is 6.07. The molecule has 2 heterocycles. The first-order valence-electron chi connectivity index (χ1n) is 8.05. The zero-order chi connectivity index (χ0) is 18.0. The van der Waals surface area contributed by atoms with Gasteiger partial charge in [0.1, 0.15) is 5.82 Å². The molecule has 0 aliphatic heterocycles. The van der Waals surface area contributed by atoms with Gasteiger partial charge in [-0.25, -0.2) is 4.98 Å². The zero-order valence-electron chi connectivity index (χ0n) is 14.9. The molecule has 0 saturated carbocycles. The molecule has 0 aliphatic rings. The standard InChI is InChI=1S/C17H21N7O.ClH/c1-10(2)14-8-13(23-24(14)3)17(25)19-12-6-4-11(5-7-12)16-20-15(9-18)21-22-16;/h4-8,10H,9,18H2,1-3H3,(H,19,25)(H,20,21,22);1H. The Morgan fingerprint density at radius 2 is 2.00 bits per heavy atom. The van der Waals surface area contributed by atoms with Crippen LogP contribution in [0.15, 0.2) is 30.3 Å². The number of carbonyl (C=O) groups is 1. The summed E-state index contributed by atoms with van der Waals surface area (Å²) < 4.78 is 1.74. The predicted molar refractivity (Wildman–Crippen MR) is 102 cm³/mol. The fourth-order valence-electron chi connectivity index (χ4n) is 2.55. The van der Waals surface area contributed by atoms with Crippen LogP contribution in [0.2, 0.25) is 0 Å². The number of aromatic amines is 1. The van der Waals surface area contributed by atoms with Crippen LogP contribution in [0.4, 0.5) is 5.69 Å². The Bertz CT molecular complexity index is 883. The van der Waals surface area contributed by atoms with E-state index >= 15 is 0 Å². The van der Waals surface area contributed by atoms with Gasteiger partial charge in [-0.2, -0.15) is 10.2 Å². The number of anilines is 1. The Labute approximate surface area is 157 Å². The molecule has 3 aromatic rings. The van der Waals surface area contributed by atoms with E-state index in [-0.39, 0.29) is 18.3 Å². The Hall–Kier alpha value is -2.71. The van der Waals surface area contributed by atoms with Crippen molar-refractivity contribution in [3.63, 3.8) is 0 Å². The van der Waals surface area contributed by atoms with E-state index in [4.69, 9.17) is 5.73 Å². The third kappa shape index (κ3) is 4.09. The van der Waals surface area contributed by atoms with Crippen molar-refractivity contribution in [2.45, 2.75) is 26.3 Å². The van der Waals surface area contributed by atoms with E-state index in [0.717, 1.165) is 11.3 Å². The second-order valence-corrected chi connectivity index (χ2v) is 6.07. The van der Waals surface area contributed by atoms with E-state index < -0.39 is 0 Å². The molecule has 0 aliphatic carbocycles. The molecule has 1 amide bonds. The van der Waals surface area contributed by atoms with Gasteiger partial charge in [0.05, 0.1) is 6.54 Å². The Morgan fingerprint density at radius 3 is 2.54 bits per heavy atom. The first-order chi connectivity index (χ1) is 12.0. The number of hydrogen-bond acceptors (Lipinski definition) is 5. The second kappa shape index (κ2) is 8.11. The van der Waals surface area contributed by atoms with Gasteiger partial charge in [-0.1, -0.05) is 13.8 Å². The SMILES string of the molecule is CC(C)c1cc(C(=O)Nc2ccc(-c3n[nH]c(CN)n3)cc2)nn1C.Cl. The molecule has 0 unspecified atom stereocenters. The van der Waals surface area contributed by atoms with Gasteiger partial charge in [0.25, 0.3) is 5.91 Å². The van der Waals surface area contributed by atoms with Crippen molar-refractivity contribution in [2.24, 2.45) is 12.8 Å². The normalized spacial score (nSPS) is 10.7. The lowest BCUT2D eigenvalue weighted by atomic mass is 10.1. The number of hydrogen-bond donors (Lipinski definition) is 3. The lowest BCUT2D eigenvalue weighted by Crippen LogP contribution is -2.12. The van der Waals surface area contributed by atoms with E-state index in [9.17, 15) is 4.79 Å². The summed E-state index contributed by atoms with van der Waals surface area (Å²) in [5.74, 6) is 1.27. The molecule has 0 bridgehead atoms. The van der Waals surface area contributed by atoms with Crippen LogP contribution in [0.25, 0.3) is 11.4 Å². The summed E-state index contributed by atoms with van der Waals surface area (Å²) in [5, 5.41) is 14.0. The molecule has 9 heteroatoms. The summed E-state index contributed by atoms with van der Waals surface area (Å²) >= 11 is 0. The molecule has 0 fully saturated rings. The molecule has 138 valence electrons. The number of aryl methyl sites for hydroxylation is 1. The number of aromatic nitrogens is 5. The molecule has 3 rings (SSSR count). The molecule has 0 atom stereocenters. The van der Waals surface area contributed by atoms with Gasteiger partial charge in [-0.05, 0) is 36.2 Å². The van der Waals surface area contributed by atoms with Gasteiger partial charge in [-0.3, -0.25) is 14.6 Å². The molecular weight excluding hydrogens is 354 g/mol. The highest BCUT2D eigenvalue weighted by Gasteiger charge is 2.15. The number of rotatable bonds is 5. The fourth-order valence-corrected chi connectivity index (χ4v) is 2.55. The Balaban J connectivity index is 0.00000243. The van der Waals surface area contributed by atoms with E-state index in [0.29, 0.717) is 35.5 Å². The Morgan fingerprint density at radius 1 is 1.31 bits per heavy atom. The highest BCUT2D eigenvalue weighted by atomic mass is 35.5. The molecule has 4 N–H and O–H groups in total. The van der Waals surface area contributed by atoms with Gasteiger partial charge in [0.2, 0.25) is 0 Å². The maximum Gasteiger partial charge on any atom is 0.276 e. The first kappa shape index (κ1) is 19.6. The van der Waals surface area contributed by atoms with Crippen LogP contribution >= 0.6 is 12.4 Å². The molecular formula is C17H22ClN7O. The van der Waals surface area contributed by atoms with Gasteiger partial charge in [0, 0.05) is 24.0 Å².